The van der Waals surface area contributed by atoms with Crippen LogP contribution in [-0.2, 0) is 14.4 Å². The first-order chi connectivity index (χ1) is 14.1. The molecule has 4 N–H and O–H groups in total. The molecule has 1 aromatic carbocycles. The van der Waals surface area contributed by atoms with Crippen LogP contribution >= 0.6 is 0 Å². The number of amides is 3. The number of nitro benzene ring substituents is 1. The summed E-state index contributed by atoms with van der Waals surface area (Å²) in [6.45, 7) is 5.90. The molecular weight excluding hydrogens is 390 g/mol. The standard InChI is InChI=1S/C20H29N5O5/c1-12(2)11-16(18(26)22-14-6-8-15(9-7-14)25(29)30)23-19(27)17-5-4-10-24(17)20(28)13(3)21/h6-9,12-13,16-17H,4-5,10-11,21H2,1-3H3,(H,22,26)(H,23,27)/t13-,16-,17-/m0/s1. The van der Waals surface area contributed by atoms with E-state index in [9.17, 15) is 24.5 Å². The van der Waals surface area contributed by atoms with Gasteiger partial charge in [-0.2, -0.15) is 0 Å². The van der Waals surface area contributed by atoms with Crippen molar-refractivity contribution < 1.29 is 19.3 Å². The van der Waals surface area contributed by atoms with Gasteiger partial charge in [0.15, 0.2) is 0 Å². The van der Waals surface area contributed by atoms with Crippen molar-refractivity contribution in [2.45, 2.75) is 58.2 Å². The smallest absolute Gasteiger partial charge is 0.269 e. The number of carbonyl (C=O) groups excluding carboxylic acids is 3. The molecule has 10 heteroatoms. The molecule has 1 aliphatic rings. The van der Waals surface area contributed by atoms with Gasteiger partial charge in [-0.25, -0.2) is 0 Å². The predicted octanol–water partition coefficient (Wildman–Crippen LogP) is 1.40. The van der Waals surface area contributed by atoms with Crippen molar-refractivity contribution in [2.75, 3.05) is 11.9 Å². The predicted molar refractivity (Wildman–Crippen MR) is 111 cm³/mol. The van der Waals surface area contributed by atoms with Gasteiger partial charge >= 0.3 is 0 Å². The molecule has 10 nitrogen and oxygen atoms in total. The van der Waals surface area contributed by atoms with E-state index in [-0.39, 0.29) is 23.4 Å². The summed E-state index contributed by atoms with van der Waals surface area (Å²) in [5.74, 6) is -0.966. The van der Waals surface area contributed by atoms with Crippen LogP contribution in [0.2, 0.25) is 0 Å². The third kappa shape index (κ3) is 5.99. The third-order valence-electron chi connectivity index (χ3n) is 4.91. The van der Waals surface area contributed by atoms with Gasteiger partial charge in [0.25, 0.3) is 5.69 Å². The highest BCUT2D eigenvalue weighted by Gasteiger charge is 2.36. The number of nitrogens with zero attached hydrogens (tertiary/aromatic N) is 2. The van der Waals surface area contributed by atoms with Crippen LogP contribution in [0, 0.1) is 16.0 Å². The molecule has 1 aromatic rings. The number of hydrogen-bond acceptors (Lipinski definition) is 6. The molecule has 30 heavy (non-hydrogen) atoms. The van der Waals surface area contributed by atoms with E-state index in [4.69, 9.17) is 5.73 Å². The molecule has 0 spiro atoms. The average molecular weight is 419 g/mol. The molecule has 0 saturated carbocycles. The number of non-ortho nitro benzene ring substituents is 1. The molecule has 3 atom stereocenters. The van der Waals surface area contributed by atoms with Crippen molar-refractivity contribution in [1.29, 1.82) is 0 Å². The van der Waals surface area contributed by atoms with E-state index in [0.29, 0.717) is 31.5 Å². The van der Waals surface area contributed by atoms with Crippen LogP contribution in [0.1, 0.15) is 40.0 Å². The highest BCUT2D eigenvalue weighted by Crippen LogP contribution is 2.20. The van der Waals surface area contributed by atoms with Crippen molar-refractivity contribution in [3.8, 4) is 0 Å². The monoisotopic (exact) mass is 419 g/mol. The number of anilines is 1. The molecule has 0 bridgehead atoms. The topological polar surface area (TPSA) is 148 Å². The van der Waals surface area contributed by atoms with E-state index in [1.54, 1.807) is 6.92 Å². The molecule has 2 rings (SSSR count). The van der Waals surface area contributed by atoms with Crippen molar-refractivity contribution in [3.63, 3.8) is 0 Å². The van der Waals surface area contributed by atoms with E-state index >= 15 is 0 Å². The number of likely N-dealkylation sites (tertiary alicyclic amines) is 1. The Labute approximate surface area is 175 Å². The molecule has 1 heterocycles. The van der Waals surface area contributed by atoms with Gasteiger partial charge in [-0.05, 0) is 44.2 Å². The Morgan fingerprint density at radius 2 is 1.87 bits per heavy atom. The Bertz CT molecular complexity index is 793. The first-order valence-corrected chi connectivity index (χ1v) is 10.0. The van der Waals surface area contributed by atoms with Crippen LogP contribution in [0.5, 0.6) is 0 Å². The summed E-state index contributed by atoms with van der Waals surface area (Å²) >= 11 is 0. The Hall–Kier alpha value is -3.01. The quantitative estimate of drug-likeness (QED) is 0.428. The van der Waals surface area contributed by atoms with Crippen LogP contribution in [0.4, 0.5) is 11.4 Å². The number of nitrogens with one attached hydrogen (secondary N) is 2. The molecule has 1 aliphatic heterocycles. The maximum absolute atomic E-state index is 12.9. The minimum atomic E-state index is -0.805. The van der Waals surface area contributed by atoms with Gasteiger partial charge in [0.2, 0.25) is 17.7 Å². The van der Waals surface area contributed by atoms with Crippen LogP contribution in [-0.4, -0.2) is 52.2 Å². The lowest BCUT2D eigenvalue weighted by Gasteiger charge is -2.28. The van der Waals surface area contributed by atoms with Crippen molar-refractivity contribution in [2.24, 2.45) is 11.7 Å². The second-order valence-electron chi connectivity index (χ2n) is 7.96. The zero-order valence-electron chi connectivity index (χ0n) is 17.5. The number of carbonyl (C=O) groups is 3. The van der Waals surface area contributed by atoms with Gasteiger partial charge in [0, 0.05) is 24.4 Å². The largest absolute Gasteiger partial charge is 0.342 e. The second kappa shape index (κ2) is 10.1. The van der Waals surface area contributed by atoms with Gasteiger partial charge in [0.05, 0.1) is 11.0 Å². The molecular formula is C20H29N5O5. The molecule has 0 radical (unpaired) electrons. The maximum Gasteiger partial charge on any atom is 0.269 e. The maximum atomic E-state index is 12.9. The Morgan fingerprint density at radius 3 is 2.40 bits per heavy atom. The zero-order valence-corrected chi connectivity index (χ0v) is 17.5. The van der Waals surface area contributed by atoms with Crippen LogP contribution < -0.4 is 16.4 Å². The summed E-state index contributed by atoms with van der Waals surface area (Å²) in [6, 6.07) is 3.30. The number of nitrogens with two attached hydrogens (primary N) is 1. The fourth-order valence-electron chi connectivity index (χ4n) is 3.43. The molecule has 0 aliphatic carbocycles. The third-order valence-corrected chi connectivity index (χ3v) is 4.91. The SMILES string of the molecule is CC(C)C[C@H](NC(=O)[C@@H]1CCCN1C(=O)[C@H](C)N)C(=O)Nc1ccc([N+](=O)[O-])cc1. The minimum Gasteiger partial charge on any atom is -0.342 e. The molecule has 3 amide bonds. The Morgan fingerprint density at radius 1 is 1.23 bits per heavy atom. The number of rotatable bonds is 8. The fraction of sp³-hybridized carbons (Fsp3) is 0.550. The number of benzene rings is 1. The molecule has 0 unspecified atom stereocenters. The summed E-state index contributed by atoms with van der Waals surface area (Å²) in [6.07, 6.45) is 1.61. The van der Waals surface area contributed by atoms with Crippen LogP contribution in [0.25, 0.3) is 0 Å². The van der Waals surface area contributed by atoms with Gasteiger partial charge in [-0.1, -0.05) is 13.8 Å². The summed E-state index contributed by atoms with van der Waals surface area (Å²) in [7, 11) is 0. The molecule has 0 aromatic heterocycles. The zero-order chi connectivity index (χ0) is 22.4. The van der Waals surface area contributed by atoms with Gasteiger partial charge in [-0.3, -0.25) is 24.5 Å². The lowest BCUT2D eigenvalue weighted by molar-refractivity contribution is -0.384. The molecule has 1 fully saturated rings. The summed E-state index contributed by atoms with van der Waals surface area (Å²) in [4.78, 5) is 49.6. The first kappa shape index (κ1) is 23.3. The summed E-state index contributed by atoms with van der Waals surface area (Å²) in [5, 5.41) is 16.2. The van der Waals surface area contributed by atoms with Gasteiger partial charge in [-0.15, -0.1) is 0 Å². The van der Waals surface area contributed by atoms with Crippen LogP contribution in [0.15, 0.2) is 24.3 Å². The Balaban J connectivity index is 2.08. The minimum absolute atomic E-state index is 0.0832. The average Bonchev–Trinajstić information content (AvgIpc) is 3.16. The van der Waals surface area contributed by atoms with E-state index in [2.05, 4.69) is 10.6 Å². The summed E-state index contributed by atoms with van der Waals surface area (Å²) < 4.78 is 0. The van der Waals surface area contributed by atoms with E-state index in [1.165, 1.54) is 29.2 Å². The normalized spacial score (nSPS) is 18.0. The lowest BCUT2D eigenvalue weighted by atomic mass is 10.0. The van der Waals surface area contributed by atoms with Crippen molar-refractivity contribution in [3.05, 3.63) is 34.4 Å². The first-order valence-electron chi connectivity index (χ1n) is 10.0. The fourth-order valence-corrected chi connectivity index (χ4v) is 3.43. The van der Waals surface area contributed by atoms with Gasteiger partial charge < -0.3 is 21.3 Å². The van der Waals surface area contributed by atoms with E-state index < -0.39 is 29.0 Å². The van der Waals surface area contributed by atoms with Crippen LogP contribution in [0.3, 0.4) is 0 Å². The van der Waals surface area contributed by atoms with E-state index in [0.717, 1.165) is 0 Å². The summed E-state index contributed by atoms with van der Waals surface area (Å²) in [5.41, 5.74) is 5.99. The highest BCUT2D eigenvalue weighted by molar-refractivity contribution is 5.98. The number of hydrogen-bond donors (Lipinski definition) is 3. The molecule has 1 saturated heterocycles. The van der Waals surface area contributed by atoms with Crippen molar-refractivity contribution in [1.82, 2.24) is 10.2 Å². The van der Waals surface area contributed by atoms with E-state index in [1.807, 2.05) is 13.8 Å². The van der Waals surface area contributed by atoms with Gasteiger partial charge in [0.1, 0.15) is 12.1 Å². The lowest BCUT2D eigenvalue weighted by Crippen LogP contribution is -2.54. The number of nitro groups is 1. The second-order valence-corrected chi connectivity index (χ2v) is 7.96. The highest BCUT2D eigenvalue weighted by atomic mass is 16.6. The van der Waals surface area contributed by atoms with Crippen molar-refractivity contribution >= 4 is 29.1 Å². The Kier molecular flexibility index (Phi) is 7.87. The molecule has 164 valence electrons.